The van der Waals surface area contributed by atoms with Gasteiger partial charge in [-0.3, -0.25) is 19.7 Å². The van der Waals surface area contributed by atoms with Crippen molar-refractivity contribution in [1.29, 1.82) is 0 Å². The molecule has 0 radical (unpaired) electrons. The number of hydrogen-bond donors (Lipinski definition) is 1. The van der Waals surface area contributed by atoms with Gasteiger partial charge in [-0.1, -0.05) is 0 Å². The summed E-state index contributed by atoms with van der Waals surface area (Å²) in [7, 11) is -0.0789. The Morgan fingerprint density at radius 3 is 2.28 bits per heavy atom. The van der Waals surface area contributed by atoms with Crippen LogP contribution in [0.5, 0.6) is 5.75 Å². The minimum atomic E-state index is -3.59. The minimum Gasteiger partial charge on any atom is -0.490 e. The Morgan fingerprint density at radius 2 is 1.76 bits per heavy atom. The molecule has 162 valence electrons. The van der Waals surface area contributed by atoms with Crippen LogP contribution >= 0.6 is 0 Å². The molecular weight excluding hydrogens is 398 g/mol. The van der Waals surface area contributed by atoms with E-state index in [4.69, 9.17) is 4.74 Å². The summed E-state index contributed by atoms with van der Waals surface area (Å²) in [6.07, 6.45) is 2.95. The van der Waals surface area contributed by atoms with Crippen LogP contribution < -0.4 is 14.4 Å². The Hall–Kier alpha value is -2.11. The number of nitrogens with zero attached hydrogens (tertiary/aromatic N) is 4. The van der Waals surface area contributed by atoms with E-state index in [2.05, 4.69) is 26.5 Å². The number of rotatable bonds is 6. The zero-order valence-electron chi connectivity index (χ0n) is 17.1. The Kier molecular flexibility index (Phi) is 6.49. The van der Waals surface area contributed by atoms with Gasteiger partial charge in [0.1, 0.15) is 0 Å². The van der Waals surface area contributed by atoms with Crippen LogP contribution in [-0.4, -0.2) is 88.9 Å². The Balaban J connectivity index is 1.81. The van der Waals surface area contributed by atoms with Gasteiger partial charge in [0.05, 0.1) is 29.7 Å². The van der Waals surface area contributed by atoms with Crippen LogP contribution in [0.2, 0.25) is 0 Å². The number of benzene rings is 1. The molecule has 1 aromatic rings. The number of nitro benzene ring substituents is 1. The van der Waals surface area contributed by atoms with Gasteiger partial charge in [-0.25, -0.2) is 8.42 Å². The molecule has 29 heavy (non-hydrogen) atoms. The number of piperidine rings is 1. The molecule has 0 amide bonds. The zero-order valence-corrected chi connectivity index (χ0v) is 17.9. The first-order chi connectivity index (χ1) is 13.7. The number of likely N-dealkylation sites (N-methyl/N-ethyl adjacent to an activating group) is 1. The zero-order chi connectivity index (χ0) is 21.2. The van der Waals surface area contributed by atoms with E-state index in [1.807, 2.05) is 0 Å². The Bertz CT molecular complexity index is 846. The molecule has 2 fully saturated rings. The lowest BCUT2D eigenvalue weighted by atomic mass is 10.0. The second-order valence-electron chi connectivity index (χ2n) is 7.73. The second-order valence-corrected chi connectivity index (χ2v) is 9.48. The highest BCUT2D eigenvalue weighted by Gasteiger charge is 2.29. The third-order valence-electron chi connectivity index (χ3n) is 5.65. The molecule has 2 aliphatic heterocycles. The third kappa shape index (κ3) is 5.28. The molecule has 0 unspecified atom stereocenters. The topological polar surface area (TPSA) is 108 Å². The van der Waals surface area contributed by atoms with E-state index in [0.29, 0.717) is 11.7 Å². The summed E-state index contributed by atoms with van der Waals surface area (Å²) in [6.45, 7) is 5.76. The second kappa shape index (κ2) is 8.72. The fraction of sp³-hybridized carbons (Fsp3) is 0.667. The molecular formula is C18H29N5O5S. The fourth-order valence-electron chi connectivity index (χ4n) is 4.07. The summed E-state index contributed by atoms with van der Waals surface area (Å²) in [5, 5.41) is 11.4. The molecule has 0 bridgehead atoms. The maximum Gasteiger partial charge on any atom is 0.313 e. The first-order valence-corrected chi connectivity index (χ1v) is 11.6. The van der Waals surface area contributed by atoms with Crippen molar-refractivity contribution >= 4 is 27.1 Å². The number of piperazine rings is 1. The summed E-state index contributed by atoms with van der Waals surface area (Å²) >= 11 is 0. The van der Waals surface area contributed by atoms with E-state index in [1.54, 1.807) is 6.07 Å². The van der Waals surface area contributed by atoms with Gasteiger partial charge in [0.25, 0.3) is 0 Å². The lowest BCUT2D eigenvalue weighted by Crippen LogP contribution is -2.52. The van der Waals surface area contributed by atoms with Crippen molar-refractivity contribution in [2.45, 2.75) is 18.9 Å². The van der Waals surface area contributed by atoms with Crippen molar-refractivity contribution in [3.8, 4) is 5.75 Å². The molecule has 0 atom stereocenters. The average Bonchev–Trinajstić information content (AvgIpc) is 2.67. The standard InChI is InChI=1S/C18H29N5O5S/c1-20-8-10-21(11-9-20)14-4-6-22(7-5-14)16-13-18(28-2)17(23(24)25)12-15(16)19-29(3,26)27/h12-14,19H,4-11H2,1-3H3. The van der Waals surface area contributed by atoms with Gasteiger partial charge in [0.2, 0.25) is 10.0 Å². The molecule has 0 saturated carbocycles. The van der Waals surface area contributed by atoms with Crippen LogP contribution in [-0.2, 0) is 10.0 Å². The van der Waals surface area contributed by atoms with E-state index in [-0.39, 0.29) is 17.1 Å². The quantitative estimate of drug-likeness (QED) is 0.533. The van der Waals surface area contributed by atoms with Gasteiger partial charge in [0, 0.05) is 57.4 Å². The van der Waals surface area contributed by atoms with E-state index in [9.17, 15) is 18.5 Å². The normalized spacial score (nSPS) is 19.9. The highest BCUT2D eigenvalue weighted by Crippen LogP contribution is 2.39. The number of hydrogen-bond acceptors (Lipinski definition) is 8. The average molecular weight is 428 g/mol. The molecule has 10 nitrogen and oxygen atoms in total. The first-order valence-electron chi connectivity index (χ1n) is 9.69. The summed E-state index contributed by atoms with van der Waals surface area (Å²) in [4.78, 5) is 17.7. The molecule has 0 aliphatic carbocycles. The number of nitrogens with one attached hydrogen (secondary N) is 1. The van der Waals surface area contributed by atoms with Crippen molar-refractivity contribution in [2.75, 3.05) is 69.3 Å². The summed E-state index contributed by atoms with van der Waals surface area (Å²) in [6, 6.07) is 3.30. The highest BCUT2D eigenvalue weighted by atomic mass is 32.2. The number of sulfonamides is 1. The van der Waals surface area contributed by atoms with Crippen molar-refractivity contribution in [2.24, 2.45) is 0 Å². The van der Waals surface area contributed by atoms with Crippen molar-refractivity contribution in [3.05, 3.63) is 22.2 Å². The van der Waals surface area contributed by atoms with Crippen molar-refractivity contribution < 1.29 is 18.1 Å². The van der Waals surface area contributed by atoms with Crippen LogP contribution in [0.25, 0.3) is 0 Å². The van der Waals surface area contributed by atoms with Crippen LogP contribution in [0.1, 0.15) is 12.8 Å². The van der Waals surface area contributed by atoms with Gasteiger partial charge in [-0.2, -0.15) is 0 Å². The largest absolute Gasteiger partial charge is 0.490 e. The van der Waals surface area contributed by atoms with Gasteiger partial charge in [-0.05, 0) is 19.9 Å². The Morgan fingerprint density at radius 1 is 1.14 bits per heavy atom. The minimum absolute atomic E-state index is 0.116. The van der Waals surface area contributed by atoms with E-state index < -0.39 is 14.9 Å². The fourth-order valence-corrected chi connectivity index (χ4v) is 4.63. The smallest absolute Gasteiger partial charge is 0.313 e. The van der Waals surface area contributed by atoms with E-state index in [1.165, 1.54) is 13.2 Å². The third-order valence-corrected chi connectivity index (χ3v) is 6.24. The summed E-state index contributed by atoms with van der Waals surface area (Å²) < 4.78 is 31.2. The number of ether oxygens (including phenoxy) is 1. The lowest BCUT2D eigenvalue weighted by molar-refractivity contribution is -0.385. The molecule has 2 aliphatic rings. The van der Waals surface area contributed by atoms with Crippen LogP contribution in [0.4, 0.5) is 17.1 Å². The number of nitro groups is 1. The van der Waals surface area contributed by atoms with Gasteiger partial charge < -0.3 is 14.5 Å². The lowest BCUT2D eigenvalue weighted by Gasteiger charge is -2.42. The predicted molar refractivity (Wildman–Crippen MR) is 112 cm³/mol. The monoisotopic (exact) mass is 427 g/mol. The maximum absolute atomic E-state index is 11.8. The summed E-state index contributed by atoms with van der Waals surface area (Å²) in [5.41, 5.74) is 0.544. The molecule has 0 spiro atoms. The SMILES string of the molecule is COc1cc(N2CCC(N3CCN(C)CC3)CC2)c(NS(C)(=O)=O)cc1[N+](=O)[O-]. The molecule has 3 rings (SSSR count). The van der Waals surface area contributed by atoms with Gasteiger partial charge in [-0.15, -0.1) is 0 Å². The molecule has 1 aromatic carbocycles. The molecule has 1 N–H and O–H groups in total. The predicted octanol–water partition coefficient (Wildman–Crippen LogP) is 1.19. The maximum atomic E-state index is 11.8. The van der Waals surface area contributed by atoms with Gasteiger partial charge >= 0.3 is 5.69 Å². The highest BCUT2D eigenvalue weighted by molar-refractivity contribution is 7.92. The Labute approximate surface area is 171 Å². The van der Waals surface area contributed by atoms with Crippen LogP contribution in [0, 0.1) is 10.1 Å². The number of methoxy groups -OCH3 is 1. The van der Waals surface area contributed by atoms with Crippen LogP contribution in [0.3, 0.4) is 0 Å². The molecule has 0 aromatic heterocycles. The van der Waals surface area contributed by atoms with Gasteiger partial charge in [0.15, 0.2) is 5.75 Å². The van der Waals surface area contributed by atoms with Crippen LogP contribution in [0.15, 0.2) is 12.1 Å². The van der Waals surface area contributed by atoms with E-state index in [0.717, 1.165) is 58.4 Å². The van der Waals surface area contributed by atoms with E-state index >= 15 is 0 Å². The molecule has 2 heterocycles. The first kappa shape index (κ1) is 21.6. The summed E-state index contributed by atoms with van der Waals surface area (Å²) in [5.74, 6) is 0.116. The molecule has 11 heteroatoms. The van der Waals surface area contributed by atoms with Crippen molar-refractivity contribution in [3.63, 3.8) is 0 Å². The van der Waals surface area contributed by atoms with Crippen molar-refractivity contribution in [1.82, 2.24) is 9.80 Å². The number of anilines is 2. The molecule has 2 saturated heterocycles.